The van der Waals surface area contributed by atoms with Crippen molar-refractivity contribution in [1.82, 2.24) is 0 Å². The first-order valence-electron chi connectivity index (χ1n) is 5.24. The Morgan fingerprint density at radius 2 is 1.33 bits per heavy atom. The van der Waals surface area contributed by atoms with Crippen molar-refractivity contribution in [3.8, 4) is 11.1 Å². The van der Waals surface area contributed by atoms with Gasteiger partial charge in [0.1, 0.15) is 0 Å². The summed E-state index contributed by atoms with van der Waals surface area (Å²) in [6.07, 6.45) is 0. The Kier molecular flexibility index (Phi) is 1.59. The molecule has 0 unspecified atom stereocenters. The molecule has 2 aromatic carbocycles. The van der Waals surface area contributed by atoms with E-state index in [9.17, 15) is 0 Å². The zero-order chi connectivity index (χ0) is 10.5. The third-order valence-electron chi connectivity index (χ3n) is 3.31. The molecule has 0 spiro atoms. The maximum Gasteiger partial charge on any atom is 0.0159 e. The summed E-state index contributed by atoms with van der Waals surface area (Å²) in [7, 11) is 0. The van der Waals surface area contributed by atoms with Gasteiger partial charge in [-0.3, -0.25) is 0 Å². The minimum atomic E-state index is 0.0974. The highest BCUT2D eigenvalue weighted by molar-refractivity contribution is 5.79. The highest BCUT2D eigenvalue weighted by atomic mass is 14.4. The van der Waals surface area contributed by atoms with Crippen LogP contribution in [0.3, 0.4) is 0 Å². The Balaban J connectivity index is 2.42. The van der Waals surface area contributed by atoms with Crippen molar-refractivity contribution in [3.05, 3.63) is 59.7 Å². The summed E-state index contributed by atoms with van der Waals surface area (Å²) in [6, 6.07) is 19.1. The maximum absolute atomic E-state index is 3.33. The molecule has 0 aliphatic heterocycles. The van der Waals surface area contributed by atoms with Crippen LogP contribution in [0.2, 0.25) is 0 Å². The first-order valence-corrected chi connectivity index (χ1v) is 5.24. The van der Waals surface area contributed by atoms with Gasteiger partial charge in [0.2, 0.25) is 0 Å². The zero-order valence-electron chi connectivity index (χ0n) is 8.96. The van der Waals surface area contributed by atoms with Gasteiger partial charge < -0.3 is 0 Å². The Morgan fingerprint density at radius 3 is 1.80 bits per heavy atom. The molecule has 0 atom stereocenters. The fourth-order valence-electron chi connectivity index (χ4n) is 2.47. The summed E-state index contributed by atoms with van der Waals surface area (Å²) >= 11 is 0. The highest BCUT2D eigenvalue weighted by Crippen LogP contribution is 2.47. The van der Waals surface area contributed by atoms with Gasteiger partial charge in [0, 0.05) is 5.41 Å². The first kappa shape index (κ1) is 8.72. The van der Waals surface area contributed by atoms with Gasteiger partial charge in [-0.2, -0.15) is 0 Å². The summed E-state index contributed by atoms with van der Waals surface area (Å²) < 4.78 is 0. The molecule has 0 bridgehead atoms. The van der Waals surface area contributed by atoms with Gasteiger partial charge in [-0.25, -0.2) is 0 Å². The average Bonchev–Trinajstić information content (AvgIpc) is 2.51. The Bertz CT molecular complexity index is 474. The Labute approximate surface area is 90.6 Å². The molecule has 15 heavy (non-hydrogen) atoms. The molecule has 2 radical (unpaired) electrons. The van der Waals surface area contributed by atoms with Crippen LogP contribution in [0, 0.1) is 12.1 Å². The van der Waals surface area contributed by atoms with Crippen LogP contribution in [0.15, 0.2) is 36.4 Å². The van der Waals surface area contributed by atoms with Crippen LogP contribution in [0.25, 0.3) is 11.1 Å². The van der Waals surface area contributed by atoms with Crippen molar-refractivity contribution in [2.24, 2.45) is 0 Å². The number of rotatable bonds is 0. The molecule has 72 valence electrons. The molecule has 0 nitrogen and oxygen atoms in total. The third-order valence-corrected chi connectivity index (χ3v) is 3.31. The van der Waals surface area contributed by atoms with E-state index in [0.717, 1.165) is 0 Å². The molecule has 0 N–H and O–H groups in total. The lowest BCUT2D eigenvalue weighted by Crippen LogP contribution is -2.14. The van der Waals surface area contributed by atoms with Gasteiger partial charge in [0.15, 0.2) is 0 Å². The molecule has 3 rings (SSSR count). The molecular formula is C15H12. The highest BCUT2D eigenvalue weighted by Gasteiger charge is 2.34. The van der Waals surface area contributed by atoms with Crippen molar-refractivity contribution in [3.63, 3.8) is 0 Å². The lowest BCUT2D eigenvalue weighted by Gasteiger charge is -2.20. The van der Waals surface area contributed by atoms with Gasteiger partial charge in [-0.05, 0) is 34.4 Å². The van der Waals surface area contributed by atoms with Crippen molar-refractivity contribution >= 4 is 0 Å². The monoisotopic (exact) mass is 192 g/mol. The van der Waals surface area contributed by atoms with E-state index in [0.29, 0.717) is 0 Å². The second kappa shape index (κ2) is 2.73. The standard InChI is InChI=1S/C15H12/c1-15(2)13-9-5-3-7-11(13)12-8-4-6-10-14(12)15/h3-6,9-10H,1-2H3. The van der Waals surface area contributed by atoms with E-state index in [1.165, 1.54) is 22.3 Å². The number of fused-ring (bicyclic) bond motifs is 3. The van der Waals surface area contributed by atoms with E-state index in [2.05, 4.69) is 50.2 Å². The quantitative estimate of drug-likeness (QED) is 0.598. The summed E-state index contributed by atoms with van der Waals surface area (Å²) in [5.41, 5.74) is 5.27. The van der Waals surface area contributed by atoms with E-state index in [-0.39, 0.29) is 5.41 Å². The normalized spacial score (nSPS) is 15.9. The van der Waals surface area contributed by atoms with E-state index < -0.39 is 0 Å². The van der Waals surface area contributed by atoms with E-state index in [1.54, 1.807) is 0 Å². The van der Waals surface area contributed by atoms with E-state index in [1.807, 2.05) is 12.1 Å². The first-order chi connectivity index (χ1) is 7.21. The number of hydrogen-bond acceptors (Lipinski definition) is 0. The maximum atomic E-state index is 3.33. The molecule has 1 aliphatic rings. The smallest absolute Gasteiger partial charge is 0.0159 e. The van der Waals surface area contributed by atoms with Gasteiger partial charge in [0.25, 0.3) is 0 Å². The molecule has 0 heterocycles. The van der Waals surface area contributed by atoms with E-state index >= 15 is 0 Å². The second-order valence-corrected chi connectivity index (χ2v) is 4.54. The fourth-order valence-corrected chi connectivity index (χ4v) is 2.47. The van der Waals surface area contributed by atoms with Gasteiger partial charge in [-0.1, -0.05) is 50.2 Å². The molecule has 0 saturated heterocycles. The molecule has 0 fully saturated rings. The minimum absolute atomic E-state index is 0.0974. The Morgan fingerprint density at radius 1 is 0.867 bits per heavy atom. The largest absolute Gasteiger partial charge is 0.0613 e. The van der Waals surface area contributed by atoms with Crippen LogP contribution < -0.4 is 0 Å². The molecular weight excluding hydrogens is 180 g/mol. The minimum Gasteiger partial charge on any atom is -0.0613 e. The lowest BCUT2D eigenvalue weighted by molar-refractivity contribution is 0.660. The van der Waals surface area contributed by atoms with Crippen molar-refractivity contribution in [2.45, 2.75) is 19.3 Å². The predicted octanol–water partition coefficient (Wildman–Crippen LogP) is 3.59. The second-order valence-electron chi connectivity index (χ2n) is 4.54. The number of hydrogen-bond donors (Lipinski definition) is 0. The van der Waals surface area contributed by atoms with E-state index in [4.69, 9.17) is 0 Å². The average molecular weight is 192 g/mol. The third kappa shape index (κ3) is 1.02. The SMILES string of the molecule is CC1(C)c2ccc[c]c2-c2[c]cccc21. The summed E-state index contributed by atoms with van der Waals surface area (Å²) in [4.78, 5) is 0. The van der Waals surface area contributed by atoms with Crippen LogP contribution in [0.1, 0.15) is 25.0 Å². The van der Waals surface area contributed by atoms with Gasteiger partial charge >= 0.3 is 0 Å². The van der Waals surface area contributed by atoms with Crippen molar-refractivity contribution < 1.29 is 0 Å². The zero-order valence-corrected chi connectivity index (χ0v) is 8.96. The summed E-state index contributed by atoms with van der Waals surface area (Å²) in [5.74, 6) is 0. The summed E-state index contributed by atoms with van der Waals surface area (Å²) in [5, 5.41) is 0. The van der Waals surface area contributed by atoms with Crippen LogP contribution in [0.4, 0.5) is 0 Å². The van der Waals surface area contributed by atoms with Crippen molar-refractivity contribution in [2.75, 3.05) is 0 Å². The molecule has 0 saturated carbocycles. The van der Waals surface area contributed by atoms with Crippen LogP contribution in [0.5, 0.6) is 0 Å². The topological polar surface area (TPSA) is 0 Å². The molecule has 2 aromatic rings. The summed E-state index contributed by atoms with van der Waals surface area (Å²) in [6.45, 7) is 4.53. The predicted molar refractivity (Wildman–Crippen MR) is 61.7 cm³/mol. The number of benzene rings is 2. The van der Waals surface area contributed by atoms with Crippen LogP contribution >= 0.6 is 0 Å². The van der Waals surface area contributed by atoms with Crippen LogP contribution in [-0.2, 0) is 5.41 Å². The van der Waals surface area contributed by atoms with Gasteiger partial charge in [0.05, 0.1) is 0 Å². The molecule has 0 aromatic heterocycles. The van der Waals surface area contributed by atoms with Crippen LogP contribution in [-0.4, -0.2) is 0 Å². The fraction of sp³-hybridized carbons (Fsp3) is 0.200. The Hall–Kier alpha value is -1.56. The molecule has 0 amide bonds. The lowest BCUT2D eigenvalue weighted by atomic mass is 9.82. The van der Waals surface area contributed by atoms with Gasteiger partial charge in [-0.15, -0.1) is 0 Å². The van der Waals surface area contributed by atoms with Crippen molar-refractivity contribution in [1.29, 1.82) is 0 Å². The molecule has 1 aliphatic carbocycles. The molecule has 0 heteroatoms.